The van der Waals surface area contributed by atoms with Gasteiger partial charge in [0.1, 0.15) is 24.9 Å². The molecule has 0 aliphatic rings. The van der Waals surface area contributed by atoms with Crippen LogP contribution in [0.2, 0.25) is 25.7 Å². The number of aromatic nitrogens is 3. The summed E-state index contributed by atoms with van der Waals surface area (Å²) in [5.74, 6) is -1.06. The van der Waals surface area contributed by atoms with Crippen LogP contribution in [0.15, 0.2) is 48.3 Å². The van der Waals surface area contributed by atoms with Crippen molar-refractivity contribution in [2.24, 2.45) is 5.41 Å². The predicted molar refractivity (Wildman–Crippen MR) is 143 cm³/mol. The number of ether oxygens (including phenoxy) is 3. The first-order chi connectivity index (χ1) is 18.1. The van der Waals surface area contributed by atoms with Crippen molar-refractivity contribution < 1.29 is 36.6 Å². The molecule has 0 aliphatic heterocycles. The van der Waals surface area contributed by atoms with Crippen molar-refractivity contribution in [1.29, 1.82) is 0 Å². The highest BCUT2D eigenvalue weighted by molar-refractivity contribution is 6.76. The van der Waals surface area contributed by atoms with Crippen molar-refractivity contribution >= 4 is 14.0 Å². The molecule has 0 fully saturated rings. The van der Waals surface area contributed by atoms with Gasteiger partial charge in [-0.3, -0.25) is 9.78 Å². The van der Waals surface area contributed by atoms with E-state index in [-0.39, 0.29) is 31.3 Å². The van der Waals surface area contributed by atoms with Crippen molar-refractivity contribution in [3.05, 3.63) is 59.7 Å². The van der Waals surface area contributed by atoms with Crippen molar-refractivity contribution in [2.45, 2.75) is 65.8 Å². The summed E-state index contributed by atoms with van der Waals surface area (Å²) in [5.41, 5.74) is -1.12. The molecule has 216 valence electrons. The van der Waals surface area contributed by atoms with E-state index in [4.69, 9.17) is 14.2 Å². The Balaban J connectivity index is 2.13. The van der Waals surface area contributed by atoms with E-state index in [9.17, 15) is 22.4 Å². The second-order valence-electron chi connectivity index (χ2n) is 10.9. The zero-order chi connectivity index (χ0) is 29.4. The zero-order valence-corrected chi connectivity index (χ0v) is 24.5. The minimum atomic E-state index is -4.60. The van der Waals surface area contributed by atoms with Gasteiger partial charge in [-0.2, -0.15) is 13.2 Å². The van der Waals surface area contributed by atoms with Crippen molar-refractivity contribution in [1.82, 2.24) is 14.5 Å². The first kappa shape index (κ1) is 32.2. The number of esters is 1. The van der Waals surface area contributed by atoms with Crippen molar-refractivity contribution in [3.8, 4) is 11.4 Å². The highest BCUT2D eigenvalue weighted by atomic mass is 28.3. The van der Waals surface area contributed by atoms with Gasteiger partial charge in [-0.05, 0) is 51.1 Å². The highest BCUT2D eigenvalue weighted by Gasteiger charge is 2.35. The molecule has 2 aromatic rings. The summed E-state index contributed by atoms with van der Waals surface area (Å²) in [6.45, 7) is 11.7. The van der Waals surface area contributed by atoms with Crippen LogP contribution < -0.4 is 0 Å². The maximum absolute atomic E-state index is 14.7. The van der Waals surface area contributed by atoms with Gasteiger partial charge in [0.15, 0.2) is 11.5 Å². The van der Waals surface area contributed by atoms with E-state index in [2.05, 4.69) is 29.6 Å². The third-order valence-corrected chi connectivity index (χ3v) is 7.40. The number of carbonyl (C=O) groups is 1. The van der Waals surface area contributed by atoms with Gasteiger partial charge in [-0.25, -0.2) is 9.37 Å². The molecule has 7 nitrogen and oxygen atoms in total. The number of allylic oxidation sites excluding steroid dienone is 3. The molecular weight excluding hydrogens is 534 g/mol. The lowest BCUT2D eigenvalue weighted by molar-refractivity contribution is -0.153. The molecule has 0 amide bonds. The fourth-order valence-electron chi connectivity index (χ4n) is 3.28. The summed E-state index contributed by atoms with van der Waals surface area (Å²) in [6.07, 6.45) is 0.545. The van der Waals surface area contributed by atoms with E-state index >= 15 is 0 Å². The highest BCUT2D eigenvalue weighted by Crippen LogP contribution is 2.31. The van der Waals surface area contributed by atoms with E-state index in [1.807, 2.05) is 0 Å². The molecule has 0 saturated carbocycles. The predicted octanol–water partition coefficient (Wildman–Crippen LogP) is 6.79. The van der Waals surface area contributed by atoms with Gasteiger partial charge < -0.3 is 18.8 Å². The molecule has 2 aromatic heterocycles. The topological polar surface area (TPSA) is 75.5 Å². The first-order valence-electron chi connectivity index (χ1n) is 12.5. The molecule has 0 atom stereocenters. The lowest BCUT2D eigenvalue weighted by Gasteiger charge is -2.22. The number of pyridine rings is 1. The van der Waals surface area contributed by atoms with E-state index in [0.29, 0.717) is 17.9 Å². The second-order valence-corrected chi connectivity index (χ2v) is 16.5. The SMILES string of the molecule is C/C=C(OCC(C)(C)C(=O)OC)\C(F)=C/Cc1ccc(-c2nc(C(F)(F)F)cn2COCC[Si](C)(C)C)cn1. The zero-order valence-electron chi connectivity index (χ0n) is 23.5. The lowest BCUT2D eigenvalue weighted by atomic mass is 9.95. The molecule has 2 rings (SSSR count). The molecular formula is C27H37F4N3O4Si. The third-order valence-electron chi connectivity index (χ3n) is 5.69. The Kier molecular flexibility index (Phi) is 11.1. The molecule has 0 unspecified atom stereocenters. The van der Waals surface area contributed by atoms with Crippen LogP contribution in [0.1, 0.15) is 32.2 Å². The first-order valence-corrected chi connectivity index (χ1v) is 16.2. The number of methoxy groups -OCH3 is 1. The van der Waals surface area contributed by atoms with Gasteiger partial charge >= 0.3 is 12.1 Å². The van der Waals surface area contributed by atoms with E-state index in [1.165, 1.54) is 30.0 Å². The lowest BCUT2D eigenvalue weighted by Crippen LogP contribution is -2.30. The van der Waals surface area contributed by atoms with Gasteiger partial charge in [0, 0.05) is 44.8 Å². The summed E-state index contributed by atoms with van der Waals surface area (Å²) in [4.78, 5) is 19.9. The van der Waals surface area contributed by atoms with Gasteiger partial charge in [0.05, 0.1) is 12.5 Å². The molecule has 0 bridgehead atoms. The van der Waals surface area contributed by atoms with Crippen LogP contribution in [-0.2, 0) is 38.3 Å². The summed E-state index contributed by atoms with van der Waals surface area (Å²) in [6, 6.07) is 4.06. The number of hydrogen-bond acceptors (Lipinski definition) is 6. The molecule has 0 radical (unpaired) electrons. The minimum absolute atomic E-state index is 0.0283. The van der Waals surface area contributed by atoms with Crippen LogP contribution in [0.5, 0.6) is 0 Å². The fourth-order valence-corrected chi connectivity index (χ4v) is 4.04. The van der Waals surface area contributed by atoms with Crippen LogP contribution >= 0.6 is 0 Å². The number of carbonyl (C=O) groups excluding carboxylic acids is 1. The number of imidazole rings is 1. The third kappa shape index (κ3) is 9.92. The van der Waals surface area contributed by atoms with Gasteiger partial charge in [0.2, 0.25) is 0 Å². The number of alkyl halides is 3. The van der Waals surface area contributed by atoms with E-state index < -0.39 is 37.2 Å². The normalized spacial score (nSPS) is 13.5. The van der Waals surface area contributed by atoms with Crippen LogP contribution in [0, 0.1) is 5.41 Å². The average Bonchev–Trinajstić information content (AvgIpc) is 3.29. The standard InChI is InChI=1S/C27H37F4N3O4Si/c1-8-22(38-17-26(2,3)25(35)36-4)21(28)12-11-20-10-9-19(15-32-20)24-33-23(27(29,30)31)16-34(24)18-37-13-14-39(5,6)7/h8-10,12,15-16H,11,13-14,17-18H2,1-7H3/b21-12+,22-8+. The van der Waals surface area contributed by atoms with Gasteiger partial charge in [-0.1, -0.05) is 19.6 Å². The van der Waals surface area contributed by atoms with Gasteiger partial charge in [0.25, 0.3) is 0 Å². The number of halogens is 4. The monoisotopic (exact) mass is 571 g/mol. The molecule has 2 heterocycles. The minimum Gasteiger partial charge on any atom is -0.490 e. The Bertz CT molecular complexity index is 1170. The Hall–Kier alpha value is -2.99. The van der Waals surface area contributed by atoms with Crippen molar-refractivity contribution in [2.75, 3.05) is 20.3 Å². The number of nitrogens with zero attached hydrogens (tertiary/aromatic N) is 3. The summed E-state index contributed by atoms with van der Waals surface area (Å²) >= 11 is 0. The number of rotatable bonds is 13. The Morgan fingerprint density at radius 2 is 1.87 bits per heavy atom. The molecule has 0 N–H and O–H groups in total. The molecule has 39 heavy (non-hydrogen) atoms. The van der Waals surface area contributed by atoms with Crippen LogP contribution in [0.3, 0.4) is 0 Å². The van der Waals surface area contributed by atoms with E-state index in [0.717, 1.165) is 12.2 Å². The van der Waals surface area contributed by atoms with Crippen LogP contribution in [0.25, 0.3) is 11.4 Å². The molecule has 12 heteroatoms. The molecule has 0 saturated heterocycles. The summed E-state index contributed by atoms with van der Waals surface area (Å²) in [7, 11) is -0.0815. The summed E-state index contributed by atoms with van der Waals surface area (Å²) < 4.78 is 72.0. The largest absolute Gasteiger partial charge is 0.490 e. The summed E-state index contributed by atoms with van der Waals surface area (Å²) in [5, 5.41) is 0. The second kappa shape index (κ2) is 13.4. The molecule has 0 aliphatic carbocycles. The Morgan fingerprint density at radius 1 is 1.18 bits per heavy atom. The van der Waals surface area contributed by atoms with Crippen molar-refractivity contribution in [3.63, 3.8) is 0 Å². The fraction of sp³-hybridized carbons (Fsp3) is 0.519. The maximum atomic E-state index is 14.7. The van der Waals surface area contributed by atoms with E-state index in [1.54, 1.807) is 32.9 Å². The molecule has 0 spiro atoms. The quantitative estimate of drug-likeness (QED) is 0.0658. The van der Waals surface area contributed by atoms with Gasteiger partial charge in [-0.15, -0.1) is 0 Å². The Morgan fingerprint density at radius 3 is 2.41 bits per heavy atom. The number of hydrogen-bond donors (Lipinski definition) is 0. The average molecular weight is 572 g/mol. The van der Waals surface area contributed by atoms with Crippen LogP contribution in [0.4, 0.5) is 17.6 Å². The molecule has 0 aromatic carbocycles. The Labute approximate surface area is 227 Å². The maximum Gasteiger partial charge on any atom is 0.434 e. The van der Waals surface area contributed by atoms with Crippen LogP contribution in [-0.4, -0.2) is 48.9 Å². The smallest absolute Gasteiger partial charge is 0.434 e.